The molecule has 0 aliphatic heterocycles. The third-order valence-electron chi connectivity index (χ3n) is 5.45. The zero-order valence-electron chi connectivity index (χ0n) is 19.9. The Kier molecular flexibility index (Phi) is 9.30. The van der Waals surface area contributed by atoms with Crippen LogP contribution in [-0.4, -0.2) is 32.0 Å². The van der Waals surface area contributed by atoms with Gasteiger partial charge in [-0.25, -0.2) is 0 Å². The average Bonchev–Trinajstić information content (AvgIpc) is 2.78. The molecule has 0 aliphatic rings. The Hall–Kier alpha value is -2.40. The second-order valence-electron chi connectivity index (χ2n) is 9.49. The zero-order chi connectivity index (χ0) is 23.7. The van der Waals surface area contributed by atoms with Crippen LogP contribution in [-0.2, 0) is 24.3 Å². The summed E-state index contributed by atoms with van der Waals surface area (Å²) in [5, 5.41) is 11.4. The lowest BCUT2D eigenvalue weighted by Crippen LogP contribution is -2.45. The van der Waals surface area contributed by atoms with Crippen LogP contribution in [0.4, 0.5) is 0 Å². The summed E-state index contributed by atoms with van der Waals surface area (Å²) < 4.78 is -0.167. The molecule has 0 unspecified atom stereocenters. The molecule has 4 heteroatoms. The van der Waals surface area contributed by atoms with Crippen LogP contribution >= 0.6 is 11.8 Å². The van der Waals surface area contributed by atoms with E-state index in [1.807, 2.05) is 75.4 Å². The molecule has 0 aromatic heterocycles. The zero-order valence-corrected chi connectivity index (χ0v) is 20.7. The van der Waals surface area contributed by atoms with Gasteiger partial charge in [0.25, 0.3) is 0 Å². The average molecular weight is 462 g/mol. The first kappa shape index (κ1) is 25.2. The first-order valence-corrected chi connectivity index (χ1v) is 12.4. The van der Waals surface area contributed by atoms with Crippen LogP contribution in [0, 0.1) is 0 Å². The van der Waals surface area contributed by atoms with E-state index in [-0.39, 0.29) is 22.3 Å². The van der Waals surface area contributed by atoms with Gasteiger partial charge in [0.1, 0.15) is 0 Å². The number of hydrogen-bond acceptors (Lipinski definition) is 4. The maximum Gasteiger partial charge on any atom is 0.192 e. The Bertz CT molecular complexity index is 929. The summed E-state index contributed by atoms with van der Waals surface area (Å²) in [6, 6.07) is 30.7. The summed E-state index contributed by atoms with van der Waals surface area (Å²) >= 11 is 1.31. The molecule has 3 aromatic carbocycles. The minimum absolute atomic E-state index is 0.0347. The first-order valence-electron chi connectivity index (χ1n) is 11.6. The van der Waals surface area contributed by atoms with Crippen molar-refractivity contribution >= 4 is 16.9 Å². The molecule has 174 valence electrons. The van der Waals surface area contributed by atoms with Gasteiger partial charge < -0.3 is 5.11 Å². The highest BCUT2D eigenvalue weighted by molar-refractivity contribution is 8.14. The van der Waals surface area contributed by atoms with E-state index in [4.69, 9.17) is 0 Å². The molecule has 0 saturated heterocycles. The topological polar surface area (TPSA) is 40.5 Å². The maximum absolute atomic E-state index is 12.7. The van der Waals surface area contributed by atoms with Gasteiger partial charge in [-0.3, -0.25) is 9.69 Å². The molecular weight excluding hydrogens is 426 g/mol. The van der Waals surface area contributed by atoms with E-state index in [9.17, 15) is 9.90 Å². The Balaban J connectivity index is 1.89. The summed E-state index contributed by atoms with van der Waals surface area (Å²) in [5.41, 5.74) is 3.53. The van der Waals surface area contributed by atoms with Crippen LogP contribution in [0.2, 0.25) is 0 Å². The molecule has 0 spiro atoms. The minimum atomic E-state index is -0.764. The molecule has 0 heterocycles. The highest BCUT2D eigenvalue weighted by Crippen LogP contribution is 2.28. The number of nitrogens with zero attached hydrogens (tertiary/aromatic N) is 1. The van der Waals surface area contributed by atoms with Gasteiger partial charge in [0.15, 0.2) is 5.12 Å². The monoisotopic (exact) mass is 461 g/mol. The molecule has 1 N–H and O–H groups in total. The quantitative estimate of drug-likeness (QED) is 0.395. The van der Waals surface area contributed by atoms with E-state index >= 15 is 0 Å². The fraction of sp³-hybridized carbons (Fsp3) is 0.345. The fourth-order valence-corrected chi connectivity index (χ4v) is 4.92. The molecule has 0 bridgehead atoms. The molecule has 3 rings (SSSR count). The Morgan fingerprint density at radius 3 is 1.64 bits per heavy atom. The number of aliphatic hydroxyl groups is 1. The lowest BCUT2D eigenvalue weighted by molar-refractivity contribution is -0.113. The largest absolute Gasteiger partial charge is 0.391 e. The van der Waals surface area contributed by atoms with Gasteiger partial charge in [-0.1, -0.05) is 124 Å². The summed E-state index contributed by atoms with van der Waals surface area (Å²) in [7, 11) is 0. The lowest BCUT2D eigenvalue weighted by atomic mass is 9.96. The number of thioether (sulfide) groups is 1. The Labute approximate surface area is 202 Å². The normalized spacial score (nSPS) is 13.6. The number of rotatable bonds is 10. The lowest BCUT2D eigenvalue weighted by Gasteiger charge is -2.35. The Morgan fingerprint density at radius 1 is 0.788 bits per heavy atom. The smallest absolute Gasteiger partial charge is 0.192 e. The van der Waals surface area contributed by atoms with Crippen molar-refractivity contribution in [2.75, 3.05) is 0 Å². The van der Waals surface area contributed by atoms with E-state index < -0.39 is 6.10 Å². The second kappa shape index (κ2) is 12.2. The van der Waals surface area contributed by atoms with Crippen LogP contribution in [0.15, 0.2) is 91.0 Å². The molecular formula is C29H35NO2S. The molecule has 3 aromatic rings. The number of benzene rings is 3. The second-order valence-corrected chi connectivity index (χ2v) is 11.4. The fourth-order valence-electron chi connectivity index (χ4n) is 3.98. The van der Waals surface area contributed by atoms with Gasteiger partial charge in [0.05, 0.1) is 6.10 Å². The molecule has 2 atom stereocenters. The minimum Gasteiger partial charge on any atom is -0.391 e. The van der Waals surface area contributed by atoms with Gasteiger partial charge in [0, 0.05) is 30.3 Å². The van der Waals surface area contributed by atoms with E-state index in [0.29, 0.717) is 19.5 Å². The highest BCUT2D eigenvalue weighted by Gasteiger charge is 2.30. The number of aliphatic hydroxyl groups excluding tert-OH is 1. The molecule has 0 amide bonds. The SMILES string of the molecule is CC(C)(C)SC(=O)C[C@@H](O)[C@H](Cc1ccccc1)N(Cc1ccccc1)Cc1ccccc1. The molecule has 0 aliphatic carbocycles. The van der Waals surface area contributed by atoms with Gasteiger partial charge in [0.2, 0.25) is 0 Å². The van der Waals surface area contributed by atoms with E-state index in [2.05, 4.69) is 41.3 Å². The molecule has 33 heavy (non-hydrogen) atoms. The molecule has 0 fully saturated rings. The maximum atomic E-state index is 12.7. The number of carbonyl (C=O) groups is 1. The van der Waals surface area contributed by atoms with Crippen molar-refractivity contribution in [3.63, 3.8) is 0 Å². The van der Waals surface area contributed by atoms with Crippen molar-refractivity contribution in [2.24, 2.45) is 0 Å². The number of carbonyl (C=O) groups excluding carboxylic acids is 1. The summed E-state index contributed by atoms with van der Waals surface area (Å²) in [4.78, 5) is 15.1. The standard InChI is InChI=1S/C29H35NO2S/c1-29(2,3)33-28(32)20-27(31)26(19-23-13-7-4-8-14-23)30(21-24-15-9-5-10-16-24)22-25-17-11-6-12-18-25/h4-18,26-27,31H,19-22H2,1-3H3/t26-,27+/m0/s1. The van der Waals surface area contributed by atoms with E-state index in [1.54, 1.807) is 0 Å². The highest BCUT2D eigenvalue weighted by atomic mass is 32.2. The Morgan fingerprint density at radius 2 is 1.21 bits per heavy atom. The van der Waals surface area contributed by atoms with Crippen LogP contribution in [0.25, 0.3) is 0 Å². The first-order chi connectivity index (χ1) is 15.8. The third kappa shape index (κ3) is 8.81. The van der Waals surface area contributed by atoms with Gasteiger partial charge in [-0.15, -0.1) is 0 Å². The van der Waals surface area contributed by atoms with Crippen molar-refractivity contribution in [1.82, 2.24) is 4.90 Å². The van der Waals surface area contributed by atoms with Crippen LogP contribution in [0.3, 0.4) is 0 Å². The molecule has 0 radical (unpaired) electrons. The number of hydrogen-bond donors (Lipinski definition) is 1. The van der Waals surface area contributed by atoms with Crippen molar-refractivity contribution in [1.29, 1.82) is 0 Å². The van der Waals surface area contributed by atoms with Crippen molar-refractivity contribution < 1.29 is 9.90 Å². The van der Waals surface area contributed by atoms with Crippen LogP contribution in [0.5, 0.6) is 0 Å². The molecule has 3 nitrogen and oxygen atoms in total. The summed E-state index contributed by atoms with van der Waals surface area (Å²) in [5.74, 6) is 0. The van der Waals surface area contributed by atoms with Gasteiger partial charge in [-0.2, -0.15) is 0 Å². The summed E-state index contributed by atoms with van der Waals surface area (Å²) in [6.45, 7) is 7.48. The van der Waals surface area contributed by atoms with Crippen LogP contribution in [0.1, 0.15) is 43.9 Å². The van der Waals surface area contributed by atoms with Crippen molar-refractivity contribution in [2.45, 2.75) is 63.6 Å². The predicted octanol–water partition coefficient (Wildman–Crippen LogP) is 6.11. The van der Waals surface area contributed by atoms with E-state index in [0.717, 1.165) is 5.56 Å². The third-order valence-corrected chi connectivity index (χ3v) is 6.46. The van der Waals surface area contributed by atoms with E-state index in [1.165, 1.54) is 22.9 Å². The summed E-state index contributed by atoms with van der Waals surface area (Å²) in [6.07, 6.45) is 0.0502. The van der Waals surface area contributed by atoms with Crippen LogP contribution < -0.4 is 0 Å². The van der Waals surface area contributed by atoms with Gasteiger partial charge >= 0.3 is 0 Å². The van der Waals surface area contributed by atoms with Gasteiger partial charge in [-0.05, 0) is 23.1 Å². The van der Waals surface area contributed by atoms with Crippen molar-refractivity contribution in [3.05, 3.63) is 108 Å². The predicted molar refractivity (Wildman–Crippen MR) is 139 cm³/mol. The molecule has 0 saturated carbocycles. The van der Waals surface area contributed by atoms with Crippen molar-refractivity contribution in [3.8, 4) is 0 Å².